The summed E-state index contributed by atoms with van der Waals surface area (Å²) in [7, 11) is 0. The molecule has 3 rings (SSSR count). The minimum atomic E-state index is -0.216. The molecule has 96 valence electrons. The van der Waals surface area contributed by atoms with Gasteiger partial charge in [0.15, 0.2) is 0 Å². The van der Waals surface area contributed by atoms with Crippen molar-refractivity contribution >= 4 is 5.91 Å². The molecule has 0 aliphatic carbocycles. The fraction of sp³-hybridized carbons (Fsp3) is 0.533. The molecular weight excluding hydrogens is 224 g/mol. The Hall–Kier alpha value is -1.35. The Morgan fingerprint density at radius 2 is 2.00 bits per heavy atom. The number of fused-ring (bicyclic) bond motifs is 1. The predicted octanol–water partition coefficient (Wildman–Crippen LogP) is 2.19. The molecule has 1 aromatic rings. The lowest BCUT2D eigenvalue weighted by Gasteiger charge is -2.32. The number of rotatable bonds is 2. The van der Waals surface area contributed by atoms with E-state index in [4.69, 9.17) is 0 Å². The van der Waals surface area contributed by atoms with Crippen LogP contribution in [0.15, 0.2) is 24.3 Å². The molecule has 3 nitrogen and oxygen atoms in total. The second kappa shape index (κ2) is 4.09. The van der Waals surface area contributed by atoms with Crippen molar-refractivity contribution in [1.29, 1.82) is 0 Å². The molecule has 2 aliphatic heterocycles. The third-order valence-corrected chi connectivity index (χ3v) is 4.27. The van der Waals surface area contributed by atoms with E-state index in [9.17, 15) is 4.79 Å². The number of carbonyl (C=O) groups excluding carboxylic acids is 1. The van der Waals surface area contributed by atoms with Gasteiger partial charge in [-0.1, -0.05) is 38.1 Å². The summed E-state index contributed by atoms with van der Waals surface area (Å²) in [6.45, 7) is 6.14. The van der Waals surface area contributed by atoms with Gasteiger partial charge >= 0.3 is 0 Å². The lowest BCUT2D eigenvalue weighted by molar-refractivity contribution is -0.130. The van der Waals surface area contributed by atoms with Crippen LogP contribution in [0.4, 0.5) is 0 Å². The van der Waals surface area contributed by atoms with E-state index in [2.05, 4.69) is 43.4 Å². The van der Waals surface area contributed by atoms with E-state index >= 15 is 0 Å². The highest BCUT2D eigenvalue weighted by Crippen LogP contribution is 2.39. The van der Waals surface area contributed by atoms with Gasteiger partial charge in [0.25, 0.3) is 0 Å². The third-order valence-electron chi connectivity index (χ3n) is 4.27. The quantitative estimate of drug-likeness (QED) is 0.865. The van der Waals surface area contributed by atoms with Gasteiger partial charge in [-0.3, -0.25) is 10.1 Å². The number of carbonyl (C=O) groups is 1. The number of amides is 1. The molecule has 1 N–H and O–H groups in total. The van der Waals surface area contributed by atoms with Crippen LogP contribution < -0.4 is 5.32 Å². The first-order valence-corrected chi connectivity index (χ1v) is 6.79. The van der Waals surface area contributed by atoms with Crippen molar-refractivity contribution in [2.75, 3.05) is 13.1 Å². The summed E-state index contributed by atoms with van der Waals surface area (Å²) in [5, 5.41) is 3.53. The zero-order chi connectivity index (χ0) is 12.8. The molecule has 0 bridgehead atoms. The van der Waals surface area contributed by atoms with Crippen molar-refractivity contribution in [3.63, 3.8) is 0 Å². The molecule has 1 unspecified atom stereocenters. The minimum absolute atomic E-state index is 0.216. The third kappa shape index (κ3) is 1.57. The first kappa shape index (κ1) is 11.7. The molecule has 18 heavy (non-hydrogen) atoms. The lowest BCUT2D eigenvalue weighted by Crippen LogP contribution is -2.45. The summed E-state index contributed by atoms with van der Waals surface area (Å²) < 4.78 is 0. The van der Waals surface area contributed by atoms with Crippen LogP contribution in [0.2, 0.25) is 0 Å². The van der Waals surface area contributed by atoms with Crippen molar-refractivity contribution in [3.05, 3.63) is 35.4 Å². The summed E-state index contributed by atoms with van der Waals surface area (Å²) in [6.07, 6.45) is 1.56. The number of nitrogens with zero attached hydrogens (tertiary/aromatic N) is 1. The van der Waals surface area contributed by atoms with E-state index in [1.807, 2.05) is 4.90 Å². The van der Waals surface area contributed by atoms with Gasteiger partial charge in [-0.05, 0) is 23.5 Å². The average Bonchev–Trinajstić information content (AvgIpc) is 2.92. The predicted molar refractivity (Wildman–Crippen MR) is 71.2 cm³/mol. The van der Waals surface area contributed by atoms with Gasteiger partial charge in [0.1, 0.15) is 5.66 Å². The second-order valence-corrected chi connectivity index (χ2v) is 5.61. The smallest absolute Gasteiger partial charge is 0.224 e. The fourth-order valence-corrected chi connectivity index (χ4v) is 3.19. The van der Waals surface area contributed by atoms with Gasteiger partial charge in [-0.2, -0.15) is 0 Å². The highest BCUT2D eigenvalue weighted by atomic mass is 16.2. The van der Waals surface area contributed by atoms with Crippen molar-refractivity contribution in [1.82, 2.24) is 10.2 Å². The number of hydrogen-bond acceptors (Lipinski definition) is 2. The molecular formula is C15H20N2O. The summed E-state index contributed by atoms with van der Waals surface area (Å²) in [6, 6.07) is 8.74. The van der Waals surface area contributed by atoms with Crippen LogP contribution in [0.3, 0.4) is 0 Å². The summed E-state index contributed by atoms with van der Waals surface area (Å²) in [4.78, 5) is 13.9. The SMILES string of the molecule is CC(C)c1ccc(C23CCC(=O)N2CCN3)cc1. The largest absolute Gasteiger partial charge is 0.319 e. The molecule has 0 saturated carbocycles. The highest BCUT2D eigenvalue weighted by Gasteiger charge is 2.49. The molecule has 0 spiro atoms. The molecule has 2 aliphatic rings. The normalized spacial score (nSPS) is 27.1. The molecule has 1 atom stereocenters. The van der Waals surface area contributed by atoms with Gasteiger partial charge in [0.05, 0.1) is 0 Å². The molecule has 1 aromatic carbocycles. The maximum Gasteiger partial charge on any atom is 0.224 e. The van der Waals surface area contributed by atoms with Crippen LogP contribution in [0.5, 0.6) is 0 Å². The van der Waals surface area contributed by atoms with Crippen LogP contribution in [0, 0.1) is 0 Å². The summed E-state index contributed by atoms with van der Waals surface area (Å²) in [5.41, 5.74) is 2.37. The first-order chi connectivity index (χ1) is 8.63. The molecule has 0 radical (unpaired) electrons. The second-order valence-electron chi connectivity index (χ2n) is 5.61. The van der Waals surface area contributed by atoms with Gasteiger partial charge < -0.3 is 4.90 Å². The Balaban J connectivity index is 1.96. The van der Waals surface area contributed by atoms with E-state index in [0.717, 1.165) is 19.5 Å². The Labute approximate surface area is 108 Å². The average molecular weight is 244 g/mol. The summed E-state index contributed by atoms with van der Waals surface area (Å²) in [5.74, 6) is 0.835. The summed E-state index contributed by atoms with van der Waals surface area (Å²) >= 11 is 0. The van der Waals surface area contributed by atoms with Crippen LogP contribution in [0.1, 0.15) is 43.7 Å². The Kier molecular flexibility index (Phi) is 2.67. The molecule has 1 amide bonds. The number of benzene rings is 1. The van der Waals surface area contributed by atoms with E-state index in [1.165, 1.54) is 11.1 Å². The van der Waals surface area contributed by atoms with Crippen LogP contribution >= 0.6 is 0 Å². The van der Waals surface area contributed by atoms with Gasteiger partial charge in [0, 0.05) is 19.5 Å². The Bertz CT molecular complexity index is 466. The monoisotopic (exact) mass is 244 g/mol. The fourth-order valence-electron chi connectivity index (χ4n) is 3.19. The molecule has 2 heterocycles. The molecule has 3 heteroatoms. The van der Waals surface area contributed by atoms with Gasteiger partial charge in [0.2, 0.25) is 5.91 Å². The zero-order valence-corrected chi connectivity index (χ0v) is 11.1. The molecule has 0 aromatic heterocycles. The van der Waals surface area contributed by atoms with Crippen LogP contribution in [-0.2, 0) is 10.5 Å². The van der Waals surface area contributed by atoms with E-state index in [-0.39, 0.29) is 11.6 Å². The Morgan fingerprint density at radius 3 is 2.67 bits per heavy atom. The van der Waals surface area contributed by atoms with E-state index < -0.39 is 0 Å². The topological polar surface area (TPSA) is 32.3 Å². The molecule has 2 fully saturated rings. The zero-order valence-electron chi connectivity index (χ0n) is 11.1. The maximum absolute atomic E-state index is 11.9. The number of nitrogens with one attached hydrogen (secondary N) is 1. The molecule has 2 saturated heterocycles. The Morgan fingerprint density at radius 1 is 1.28 bits per heavy atom. The van der Waals surface area contributed by atoms with Crippen molar-refractivity contribution in [3.8, 4) is 0 Å². The number of hydrogen-bond donors (Lipinski definition) is 1. The van der Waals surface area contributed by atoms with Gasteiger partial charge in [-0.25, -0.2) is 0 Å². The van der Waals surface area contributed by atoms with Crippen LogP contribution in [-0.4, -0.2) is 23.9 Å². The first-order valence-electron chi connectivity index (χ1n) is 6.79. The maximum atomic E-state index is 11.9. The minimum Gasteiger partial charge on any atom is -0.319 e. The van der Waals surface area contributed by atoms with E-state index in [1.54, 1.807) is 0 Å². The van der Waals surface area contributed by atoms with Crippen LogP contribution in [0.25, 0.3) is 0 Å². The van der Waals surface area contributed by atoms with Crippen molar-refractivity contribution < 1.29 is 4.79 Å². The standard InChI is InChI=1S/C15H20N2O/c1-11(2)12-3-5-13(6-4-12)15-8-7-14(18)17(15)10-9-16-15/h3-6,11,16H,7-10H2,1-2H3. The van der Waals surface area contributed by atoms with Gasteiger partial charge in [-0.15, -0.1) is 0 Å². The van der Waals surface area contributed by atoms with E-state index in [0.29, 0.717) is 12.3 Å². The lowest BCUT2D eigenvalue weighted by atomic mass is 9.94. The van der Waals surface area contributed by atoms with Crippen molar-refractivity contribution in [2.24, 2.45) is 0 Å². The highest BCUT2D eigenvalue weighted by molar-refractivity contribution is 5.80. The van der Waals surface area contributed by atoms with Crippen molar-refractivity contribution in [2.45, 2.75) is 38.3 Å².